The van der Waals surface area contributed by atoms with Crippen molar-refractivity contribution in [2.75, 3.05) is 5.01 Å². The smallest absolute Gasteiger partial charge is 0.248 e. The Morgan fingerprint density at radius 3 is 1.90 bits per heavy atom. The van der Waals surface area contributed by atoms with Gasteiger partial charge in [0.25, 0.3) is 0 Å². The molecule has 0 aromatic heterocycles. The highest BCUT2D eigenvalue weighted by atomic mass is 16.2. The fourth-order valence-electron chi connectivity index (χ4n) is 5.79. The summed E-state index contributed by atoms with van der Waals surface area (Å²) in [6.45, 7) is 15.9. The molecule has 0 spiro atoms. The van der Waals surface area contributed by atoms with Crippen molar-refractivity contribution in [3.63, 3.8) is 0 Å². The summed E-state index contributed by atoms with van der Waals surface area (Å²) in [5.41, 5.74) is 10.8. The van der Waals surface area contributed by atoms with E-state index in [-0.39, 0.29) is 22.7 Å². The number of nitrogens with zero attached hydrogens (tertiary/aromatic N) is 1. The normalized spacial score (nSPS) is 13.4. The van der Waals surface area contributed by atoms with Crippen molar-refractivity contribution in [1.82, 2.24) is 5.43 Å². The molecular weight excluding hydrogens is 518 g/mol. The predicted octanol–water partition coefficient (Wildman–Crippen LogP) is 9.98. The number of nitrogens with one attached hydrogen (secondary N) is 1. The molecule has 234 valence electrons. The Morgan fingerprint density at radius 2 is 1.33 bits per heavy atom. The summed E-state index contributed by atoms with van der Waals surface area (Å²) in [5, 5.41) is 1.80. The summed E-state index contributed by atoms with van der Waals surface area (Å²) >= 11 is 0. The molecule has 42 heavy (non-hydrogen) atoms. The molecule has 0 fully saturated rings. The van der Waals surface area contributed by atoms with Crippen LogP contribution < -0.4 is 16.2 Å². The summed E-state index contributed by atoms with van der Waals surface area (Å²) in [5.74, 6) is -0.194. The molecule has 0 heterocycles. The minimum absolute atomic E-state index is 0.0167. The predicted molar refractivity (Wildman–Crippen MR) is 179 cm³/mol. The summed E-state index contributed by atoms with van der Waals surface area (Å²) in [4.78, 5) is 26.3. The van der Waals surface area contributed by atoms with Crippen LogP contribution in [-0.2, 0) is 4.79 Å². The number of unbranched alkanes of at least 4 members (excludes halogenated alkanes) is 7. The quantitative estimate of drug-likeness (QED) is 0.121. The van der Waals surface area contributed by atoms with Gasteiger partial charge in [-0.15, -0.1) is 0 Å². The average Bonchev–Trinajstić information content (AvgIpc) is 2.98. The van der Waals surface area contributed by atoms with E-state index < -0.39 is 5.91 Å². The summed E-state index contributed by atoms with van der Waals surface area (Å²) in [6.07, 6.45) is 14.5. The van der Waals surface area contributed by atoms with Crippen LogP contribution in [0.3, 0.4) is 0 Å². The number of hydrogen-bond acceptors (Lipinski definition) is 3. The fourth-order valence-corrected chi connectivity index (χ4v) is 5.79. The van der Waals surface area contributed by atoms with E-state index in [9.17, 15) is 9.59 Å². The second-order valence-corrected chi connectivity index (χ2v) is 13.5. The Kier molecular flexibility index (Phi) is 14.6. The Hall–Kier alpha value is -2.82. The van der Waals surface area contributed by atoms with Gasteiger partial charge in [-0.05, 0) is 59.9 Å². The van der Waals surface area contributed by atoms with Gasteiger partial charge in [0.2, 0.25) is 11.8 Å². The molecule has 3 N–H and O–H groups in total. The lowest BCUT2D eigenvalue weighted by Crippen LogP contribution is -2.47. The van der Waals surface area contributed by atoms with Gasteiger partial charge in [0.05, 0.1) is 11.4 Å². The highest BCUT2D eigenvalue weighted by Crippen LogP contribution is 2.44. The minimum atomic E-state index is -0.494. The van der Waals surface area contributed by atoms with Gasteiger partial charge >= 0.3 is 0 Å². The molecule has 0 radical (unpaired) electrons. The van der Waals surface area contributed by atoms with Crippen LogP contribution in [0.25, 0.3) is 0 Å². The van der Waals surface area contributed by atoms with Crippen molar-refractivity contribution in [2.45, 2.75) is 126 Å². The molecule has 2 rings (SSSR count). The van der Waals surface area contributed by atoms with E-state index in [0.29, 0.717) is 17.2 Å². The monoisotopic (exact) mass is 577 g/mol. The molecular formula is C37H59N3O2. The zero-order valence-electron chi connectivity index (χ0n) is 27.7. The molecule has 0 bridgehead atoms. The third-order valence-electron chi connectivity index (χ3n) is 9.74. The fraction of sp³-hybridized carbons (Fsp3) is 0.622. The Bertz CT molecular complexity index is 1080. The molecule has 0 aliphatic heterocycles. The van der Waals surface area contributed by atoms with Gasteiger partial charge in [-0.3, -0.25) is 20.0 Å². The van der Waals surface area contributed by atoms with Crippen LogP contribution in [0.1, 0.15) is 136 Å². The maximum atomic E-state index is 14.3. The van der Waals surface area contributed by atoms with E-state index in [1.54, 1.807) is 23.2 Å². The maximum Gasteiger partial charge on any atom is 0.248 e. The van der Waals surface area contributed by atoms with Crippen molar-refractivity contribution in [1.29, 1.82) is 0 Å². The molecule has 2 amide bonds. The topological polar surface area (TPSA) is 75.4 Å². The Labute approximate surface area is 257 Å². The highest BCUT2D eigenvalue weighted by Gasteiger charge is 2.39. The number of para-hydroxylation sites is 1. The molecule has 2 aromatic rings. The molecule has 0 saturated heterocycles. The zero-order valence-corrected chi connectivity index (χ0v) is 27.7. The number of carbonyl (C=O) groups excluding carboxylic acids is 2. The first-order valence-corrected chi connectivity index (χ1v) is 16.5. The van der Waals surface area contributed by atoms with Crippen LogP contribution in [0.5, 0.6) is 0 Å². The van der Waals surface area contributed by atoms with Crippen LogP contribution in [0.15, 0.2) is 54.6 Å². The second kappa shape index (κ2) is 17.3. The van der Waals surface area contributed by atoms with Crippen LogP contribution in [0, 0.1) is 22.7 Å². The minimum Gasteiger partial charge on any atom is -0.366 e. The van der Waals surface area contributed by atoms with E-state index >= 15 is 0 Å². The van der Waals surface area contributed by atoms with E-state index in [2.05, 4.69) is 53.9 Å². The second-order valence-electron chi connectivity index (χ2n) is 13.5. The third kappa shape index (κ3) is 10.8. The number of benzene rings is 2. The lowest BCUT2D eigenvalue weighted by molar-refractivity contribution is -0.130. The third-order valence-corrected chi connectivity index (χ3v) is 9.74. The van der Waals surface area contributed by atoms with Crippen molar-refractivity contribution < 1.29 is 9.59 Å². The number of carbonyl (C=O) groups is 2. The van der Waals surface area contributed by atoms with E-state index in [1.807, 2.05) is 36.4 Å². The Balaban J connectivity index is 2.30. The molecule has 5 nitrogen and oxygen atoms in total. The van der Waals surface area contributed by atoms with E-state index in [1.165, 1.54) is 51.4 Å². The molecule has 2 atom stereocenters. The number of rotatable bonds is 20. The van der Waals surface area contributed by atoms with Crippen molar-refractivity contribution in [3.8, 4) is 0 Å². The number of hydrazine groups is 1. The van der Waals surface area contributed by atoms with E-state index in [0.717, 1.165) is 31.4 Å². The van der Waals surface area contributed by atoms with Crippen LogP contribution in [-0.4, -0.2) is 11.8 Å². The maximum absolute atomic E-state index is 14.3. The first-order valence-electron chi connectivity index (χ1n) is 16.5. The molecule has 2 unspecified atom stereocenters. The molecule has 2 aromatic carbocycles. The van der Waals surface area contributed by atoms with Crippen LogP contribution in [0.2, 0.25) is 0 Å². The molecule has 0 aliphatic rings. The van der Waals surface area contributed by atoms with Crippen molar-refractivity contribution in [2.24, 2.45) is 28.4 Å². The Morgan fingerprint density at radius 1 is 0.762 bits per heavy atom. The molecule has 0 aliphatic carbocycles. The largest absolute Gasteiger partial charge is 0.366 e. The van der Waals surface area contributed by atoms with Gasteiger partial charge in [0.15, 0.2) is 0 Å². The lowest BCUT2D eigenvalue weighted by Gasteiger charge is -2.41. The average molecular weight is 578 g/mol. The number of hydrogen-bond donors (Lipinski definition) is 2. The molecule has 5 heteroatoms. The summed E-state index contributed by atoms with van der Waals surface area (Å²) < 4.78 is 0. The molecule has 0 saturated carbocycles. The number of amides is 2. The van der Waals surface area contributed by atoms with Gasteiger partial charge in [-0.1, -0.05) is 137 Å². The number of anilines is 2. The van der Waals surface area contributed by atoms with Gasteiger partial charge in [0.1, 0.15) is 0 Å². The van der Waals surface area contributed by atoms with E-state index in [4.69, 9.17) is 5.73 Å². The van der Waals surface area contributed by atoms with Gasteiger partial charge < -0.3 is 5.73 Å². The van der Waals surface area contributed by atoms with Crippen molar-refractivity contribution in [3.05, 3.63) is 60.2 Å². The zero-order chi connectivity index (χ0) is 31.2. The van der Waals surface area contributed by atoms with Crippen LogP contribution in [0.4, 0.5) is 11.4 Å². The standard InChI is InChI=1S/C37H59N3O2/c1-8-11-12-13-14-15-16-18-23-30(36(4,5)9-2)28-33(37(6,7)10-3)35(42)39-40(31-24-19-17-20-25-31)32-26-21-22-29(27-32)34(38)41/h17,19-22,24-27,30,33H,8-16,18,23,28H2,1-7H3,(H2,38,41)(H,39,42). The van der Waals surface area contributed by atoms with Crippen molar-refractivity contribution >= 4 is 23.2 Å². The number of nitrogens with two attached hydrogens (primary N) is 1. The summed E-state index contributed by atoms with van der Waals surface area (Å²) in [6, 6.07) is 16.9. The first-order chi connectivity index (χ1) is 20.0. The first kappa shape index (κ1) is 35.4. The van der Waals surface area contributed by atoms with Gasteiger partial charge in [0, 0.05) is 11.5 Å². The SMILES string of the molecule is CCCCCCCCCCC(CC(C(=O)NN(c1ccccc1)c1cccc(C(N)=O)c1)C(C)(C)CC)C(C)(C)CC. The number of primary amides is 1. The van der Waals surface area contributed by atoms with Gasteiger partial charge in [-0.25, -0.2) is 0 Å². The lowest BCUT2D eigenvalue weighted by atomic mass is 9.65. The van der Waals surface area contributed by atoms with Gasteiger partial charge in [-0.2, -0.15) is 0 Å². The highest BCUT2D eigenvalue weighted by molar-refractivity contribution is 5.94. The summed E-state index contributed by atoms with van der Waals surface area (Å²) in [7, 11) is 0. The van der Waals surface area contributed by atoms with Crippen LogP contribution >= 0.6 is 0 Å².